The SMILES string of the molecule is CCCCc1cc(N2CCCC2)c(NC(C)=O)cc1NC(C)=O. The van der Waals surface area contributed by atoms with E-state index in [2.05, 4.69) is 28.5 Å². The number of hydrogen-bond donors (Lipinski definition) is 2. The third-order valence-corrected chi connectivity index (χ3v) is 4.09. The number of unbranched alkanes of at least 4 members (excludes halogenated alkanes) is 1. The van der Waals surface area contributed by atoms with Crippen molar-refractivity contribution >= 4 is 28.9 Å². The first kappa shape index (κ1) is 17.3. The standard InChI is InChI=1S/C18H27N3O2/c1-4-5-8-15-11-18(21-9-6-7-10-21)17(20-14(3)23)12-16(15)19-13(2)22/h11-12H,4-10H2,1-3H3,(H,19,22)(H,20,23). The van der Waals surface area contributed by atoms with E-state index in [9.17, 15) is 9.59 Å². The quantitative estimate of drug-likeness (QED) is 0.843. The highest BCUT2D eigenvalue weighted by Crippen LogP contribution is 2.35. The monoisotopic (exact) mass is 317 g/mol. The molecule has 0 saturated carbocycles. The van der Waals surface area contributed by atoms with E-state index in [-0.39, 0.29) is 11.8 Å². The zero-order valence-corrected chi connectivity index (χ0v) is 14.4. The van der Waals surface area contributed by atoms with Crippen LogP contribution in [0, 0.1) is 0 Å². The van der Waals surface area contributed by atoms with Crippen molar-refractivity contribution in [1.29, 1.82) is 0 Å². The molecule has 0 unspecified atom stereocenters. The van der Waals surface area contributed by atoms with Crippen LogP contribution in [0.4, 0.5) is 17.1 Å². The van der Waals surface area contributed by atoms with Gasteiger partial charge in [-0.15, -0.1) is 0 Å². The Bertz CT molecular complexity index is 578. The highest BCUT2D eigenvalue weighted by Gasteiger charge is 2.19. The van der Waals surface area contributed by atoms with Crippen LogP contribution < -0.4 is 15.5 Å². The maximum Gasteiger partial charge on any atom is 0.221 e. The van der Waals surface area contributed by atoms with Crippen LogP contribution in [-0.4, -0.2) is 24.9 Å². The van der Waals surface area contributed by atoms with Gasteiger partial charge in [0.1, 0.15) is 0 Å². The lowest BCUT2D eigenvalue weighted by molar-refractivity contribution is -0.115. The van der Waals surface area contributed by atoms with E-state index in [0.29, 0.717) is 0 Å². The van der Waals surface area contributed by atoms with Gasteiger partial charge in [0.15, 0.2) is 0 Å². The van der Waals surface area contributed by atoms with Crippen LogP contribution in [0.15, 0.2) is 12.1 Å². The van der Waals surface area contributed by atoms with Gasteiger partial charge in [-0.25, -0.2) is 0 Å². The summed E-state index contributed by atoms with van der Waals surface area (Å²) in [5.74, 6) is -0.189. The third-order valence-electron chi connectivity index (χ3n) is 4.09. The van der Waals surface area contributed by atoms with Gasteiger partial charge in [-0.1, -0.05) is 13.3 Å². The van der Waals surface area contributed by atoms with E-state index < -0.39 is 0 Å². The summed E-state index contributed by atoms with van der Waals surface area (Å²) in [5, 5.41) is 5.82. The highest BCUT2D eigenvalue weighted by molar-refractivity contribution is 5.97. The summed E-state index contributed by atoms with van der Waals surface area (Å²) in [4.78, 5) is 25.4. The molecule has 126 valence electrons. The third kappa shape index (κ3) is 4.71. The molecule has 5 nitrogen and oxygen atoms in total. The second-order valence-electron chi connectivity index (χ2n) is 6.19. The molecule has 5 heteroatoms. The molecule has 23 heavy (non-hydrogen) atoms. The molecule has 1 heterocycles. The predicted molar refractivity (Wildman–Crippen MR) is 95.1 cm³/mol. The fraction of sp³-hybridized carbons (Fsp3) is 0.556. The minimum absolute atomic E-state index is 0.0922. The maximum atomic E-state index is 11.6. The van der Waals surface area contributed by atoms with Gasteiger partial charge >= 0.3 is 0 Å². The van der Waals surface area contributed by atoms with Crippen LogP contribution in [0.5, 0.6) is 0 Å². The Morgan fingerprint density at radius 3 is 2.22 bits per heavy atom. The number of anilines is 3. The summed E-state index contributed by atoms with van der Waals surface area (Å²) >= 11 is 0. The molecule has 0 aromatic heterocycles. The lowest BCUT2D eigenvalue weighted by atomic mass is 10.0. The average molecular weight is 317 g/mol. The van der Waals surface area contributed by atoms with E-state index in [1.165, 1.54) is 26.7 Å². The van der Waals surface area contributed by atoms with E-state index >= 15 is 0 Å². The van der Waals surface area contributed by atoms with Crippen molar-refractivity contribution in [3.05, 3.63) is 17.7 Å². The summed E-state index contributed by atoms with van der Waals surface area (Å²) < 4.78 is 0. The number of carbonyl (C=O) groups is 2. The number of benzene rings is 1. The van der Waals surface area contributed by atoms with Crippen LogP contribution in [0.1, 0.15) is 52.0 Å². The Morgan fingerprint density at radius 2 is 1.65 bits per heavy atom. The molecule has 2 rings (SSSR count). The number of amides is 2. The van der Waals surface area contributed by atoms with Crippen LogP contribution in [-0.2, 0) is 16.0 Å². The number of nitrogens with one attached hydrogen (secondary N) is 2. The molecule has 1 aromatic rings. The summed E-state index contributed by atoms with van der Waals surface area (Å²) in [6.07, 6.45) is 5.46. The smallest absolute Gasteiger partial charge is 0.221 e. The molecule has 0 atom stereocenters. The number of hydrogen-bond acceptors (Lipinski definition) is 3. The Kier molecular flexibility index (Phi) is 6.02. The van der Waals surface area contributed by atoms with Gasteiger partial charge in [0.2, 0.25) is 11.8 Å². The number of carbonyl (C=O) groups excluding carboxylic acids is 2. The Morgan fingerprint density at radius 1 is 1.04 bits per heavy atom. The van der Waals surface area contributed by atoms with Crippen molar-refractivity contribution in [2.75, 3.05) is 28.6 Å². The van der Waals surface area contributed by atoms with Crippen molar-refractivity contribution in [2.45, 2.75) is 52.9 Å². The molecule has 0 spiro atoms. The topological polar surface area (TPSA) is 61.4 Å². The van der Waals surface area contributed by atoms with Gasteiger partial charge in [0.05, 0.1) is 11.4 Å². The van der Waals surface area contributed by atoms with E-state index in [1.54, 1.807) is 0 Å². The van der Waals surface area contributed by atoms with E-state index in [4.69, 9.17) is 0 Å². The van der Waals surface area contributed by atoms with E-state index in [1.807, 2.05) is 6.07 Å². The lowest BCUT2D eigenvalue weighted by Gasteiger charge is -2.24. The van der Waals surface area contributed by atoms with Crippen molar-refractivity contribution in [1.82, 2.24) is 0 Å². The first-order chi connectivity index (χ1) is 11.0. The lowest BCUT2D eigenvalue weighted by Crippen LogP contribution is -2.21. The summed E-state index contributed by atoms with van der Waals surface area (Å²) in [7, 11) is 0. The zero-order valence-electron chi connectivity index (χ0n) is 14.4. The van der Waals surface area contributed by atoms with Crippen LogP contribution in [0.3, 0.4) is 0 Å². The number of nitrogens with zero attached hydrogens (tertiary/aromatic N) is 1. The van der Waals surface area contributed by atoms with Crippen molar-refractivity contribution < 1.29 is 9.59 Å². The van der Waals surface area contributed by atoms with Crippen molar-refractivity contribution in [2.24, 2.45) is 0 Å². The van der Waals surface area contributed by atoms with Gasteiger partial charge in [-0.05, 0) is 43.4 Å². The second-order valence-corrected chi connectivity index (χ2v) is 6.19. The number of rotatable bonds is 6. The van der Waals surface area contributed by atoms with Crippen LogP contribution in [0.25, 0.3) is 0 Å². The molecule has 0 radical (unpaired) electrons. The fourth-order valence-electron chi connectivity index (χ4n) is 3.02. The fourth-order valence-corrected chi connectivity index (χ4v) is 3.02. The second kappa shape index (κ2) is 7.99. The molecular weight excluding hydrogens is 290 g/mol. The largest absolute Gasteiger partial charge is 0.370 e. The molecule has 2 N–H and O–H groups in total. The predicted octanol–water partition coefficient (Wildman–Crippen LogP) is 3.55. The zero-order chi connectivity index (χ0) is 16.8. The van der Waals surface area contributed by atoms with Crippen molar-refractivity contribution in [3.8, 4) is 0 Å². The van der Waals surface area contributed by atoms with Gasteiger partial charge in [0.25, 0.3) is 0 Å². The normalized spacial score (nSPS) is 14.0. The Labute approximate surface area is 138 Å². The Hall–Kier alpha value is -2.04. The van der Waals surface area contributed by atoms with Gasteiger partial charge < -0.3 is 15.5 Å². The average Bonchev–Trinajstić information content (AvgIpc) is 2.99. The van der Waals surface area contributed by atoms with Gasteiger partial charge in [-0.3, -0.25) is 9.59 Å². The molecule has 1 aromatic carbocycles. The molecule has 1 saturated heterocycles. The van der Waals surface area contributed by atoms with Crippen LogP contribution >= 0.6 is 0 Å². The molecule has 1 aliphatic heterocycles. The van der Waals surface area contributed by atoms with Gasteiger partial charge in [-0.2, -0.15) is 0 Å². The summed E-state index contributed by atoms with van der Waals surface area (Å²) in [6, 6.07) is 4.04. The van der Waals surface area contributed by atoms with Crippen molar-refractivity contribution in [3.63, 3.8) is 0 Å². The molecule has 0 bridgehead atoms. The summed E-state index contributed by atoms with van der Waals surface area (Å²) in [6.45, 7) is 7.20. The van der Waals surface area contributed by atoms with E-state index in [0.717, 1.165) is 55.0 Å². The Balaban J connectivity index is 2.43. The molecule has 1 fully saturated rings. The molecular formula is C18H27N3O2. The van der Waals surface area contributed by atoms with Crippen LogP contribution in [0.2, 0.25) is 0 Å². The minimum Gasteiger partial charge on any atom is -0.370 e. The van der Waals surface area contributed by atoms with Gasteiger partial charge in [0, 0.05) is 32.6 Å². The first-order valence-corrected chi connectivity index (χ1v) is 8.48. The first-order valence-electron chi connectivity index (χ1n) is 8.48. The minimum atomic E-state index is -0.0967. The summed E-state index contributed by atoms with van der Waals surface area (Å²) in [5.41, 5.74) is 3.79. The maximum absolute atomic E-state index is 11.6. The number of aryl methyl sites for hydroxylation is 1. The molecule has 2 amide bonds. The molecule has 0 aliphatic carbocycles. The molecule has 1 aliphatic rings. The highest BCUT2D eigenvalue weighted by atomic mass is 16.2.